The second kappa shape index (κ2) is 4.83. The summed E-state index contributed by atoms with van der Waals surface area (Å²) < 4.78 is 0. The second-order valence-corrected chi connectivity index (χ2v) is 6.10. The van der Waals surface area contributed by atoms with Gasteiger partial charge in [0, 0.05) is 13.1 Å². The Bertz CT molecular complexity index is 427. The Morgan fingerprint density at radius 2 is 1.89 bits per heavy atom. The minimum absolute atomic E-state index is 0.910. The van der Waals surface area contributed by atoms with Crippen LogP contribution in [0.2, 0.25) is 0 Å². The Balaban J connectivity index is 1.79. The summed E-state index contributed by atoms with van der Waals surface area (Å²) in [5, 5.41) is 0. The van der Waals surface area contributed by atoms with Crippen LogP contribution in [0.3, 0.4) is 0 Å². The lowest BCUT2D eigenvalue weighted by Crippen LogP contribution is -2.42. The highest BCUT2D eigenvalue weighted by atomic mass is 15.1. The number of hydrogen-bond donors (Lipinski definition) is 1. The largest absolute Gasteiger partial charge is 0.397 e. The van der Waals surface area contributed by atoms with Gasteiger partial charge in [0.15, 0.2) is 0 Å². The number of hydrogen-bond acceptors (Lipinski definition) is 2. The van der Waals surface area contributed by atoms with Crippen molar-refractivity contribution < 1.29 is 0 Å². The lowest BCUT2D eigenvalue weighted by molar-refractivity contribution is 0.202. The normalized spacial score (nSPS) is 27.9. The topological polar surface area (TPSA) is 29.3 Å². The number of rotatable bonds is 1. The maximum absolute atomic E-state index is 6.15. The van der Waals surface area contributed by atoms with Gasteiger partial charge in [0.2, 0.25) is 0 Å². The number of fused-ring (bicyclic) bond motifs is 1. The fraction of sp³-hybridized carbons (Fsp3) is 0.625. The monoisotopic (exact) mass is 244 g/mol. The van der Waals surface area contributed by atoms with Gasteiger partial charge in [-0.3, -0.25) is 0 Å². The van der Waals surface area contributed by atoms with E-state index in [1.807, 2.05) is 0 Å². The van der Waals surface area contributed by atoms with E-state index in [-0.39, 0.29) is 0 Å². The Morgan fingerprint density at radius 1 is 1.11 bits per heavy atom. The number of anilines is 2. The van der Waals surface area contributed by atoms with Crippen LogP contribution in [-0.4, -0.2) is 13.1 Å². The summed E-state index contributed by atoms with van der Waals surface area (Å²) >= 11 is 0. The number of aryl methyl sites for hydroxylation is 1. The molecule has 3 rings (SSSR count). The molecule has 0 radical (unpaired) electrons. The van der Waals surface area contributed by atoms with Crippen LogP contribution in [0.1, 0.15) is 37.7 Å². The predicted octanol–water partition coefficient (Wildman–Crippen LogP) is 3.59. The molecule has 2 nitrogen and oxygen atoms in total. The van der Waals surface area contributed by atoms with E-state index in [4.69, 9.17) is 5.73 Å². The molecule has 98 valence electrons. The summed E-state index contributed by atoms with van der Waals surface area (Å²) in [4.78, 5) is 2.52. The van der Waals surface area contributed by atoms with Crippen molar-refractivity contribution in [3.8, 4) is 0 Å². The number of nitrogens with zero attached hydrogens (tertiary/aromatic N) is 1. The van der Waals surface area contributed by atoms with Gasteiger partial charge in [-0.15, -0.1) is 0 Å². The third-order valence-corrected chi connectivity index (χ3v) is 4.82. The molecule has 1 aromatic carbocycles. The molecule has 1 heterocycles. The minimum atomic E-state index is 0.910. The minimum Gasteiger partial charge on any atom is -0.397 e. The fourth-order valence-electron chi connectivity index (χ4n) is 3.75. The quantitative estimate of drug-likeness (QED) is 0.765. The molecule has 2 fully saturated rings. The van der Waals surface area contributed by atoms with E-state index in [1.165, 1.54) is 56.4 Å². The van der Waals surface area contributed by atoms with E-state index in [9.17, 15) is 0 Å². The van der Waals surface area contributed by atoms with E-state index in [2.05, 4.69) is 30.0 Å². The Hall–Kier alpha value is -1.18. The van der Waals surface area contributed by atoms with Crippen LogP contribution >= 0.6 is 0 Å². The number of piperidine rings is 1. The second-order valence-electron chi connectivity index (χ2n) is 6.10. The molecular weight excluding hydrogens is 220 g/mol. The number of nitrogen functional groups attached to an aromatic ring is 1. The van der Waals surface area contributed by atoms with Gasteiger partial charge in [0.05, 0.1) is 11.4 Å². The van der Waals surface area contributed by atoms with Gasteiger partial charge < -0.3 is 10.6 Å². The van der Waals surface area contributed by atoms with Crippen LogP contribution in [0.15, 0.2) is 18.2 Å². The molecule has 18 heavy (non-hydrogen) atoms. The molecule has 2 unspecified atom stereocenters. The van der Waals surface area contributed by atoms with Crippen molar-refractivity contribution in [3.63, 3.8) is 0 Å². The van der Waals surface area contributed by atoms with Crippen molar-refractivity contribution in [1.29, 1.82) is 0 Å². The molecule has 2 heteroatoms. The Kier molecular flexibility index (Phi) is 3.19. The third kappa shape index (κ3) is 2.21. The zero-order valence-electron chi connectivity index (χ0n) is 11.4. The van der Waals surface area contributed by atoms with E-state index in [0.29, 0.717) is 0 Å². The smallest absolute Gasteiger partial charge is 0.0602 e. The third-order valence-electron chi connectivity index (χ3n) is 4.82. The van der Waals surface area contributed by atoms with Crippen molar-refractivity contribution in [3.05, 3.63) is 23.8 Å². The Labute approximate surface area is 110 Å². The van der Waals surface area contributed by atoms with E-state index >= 15 is 0 Å². The van der Waals surface area contributed by atoms with Crippen molar-refractivity contribution >= 4 is 11.4 Å². The first-order valence-corrected chi connectivity index (χ1v) is 7.35. The summed E-state index contributed by atoms with van der Waals surface area (Å²) in [5.74, 6) is 1.90. The number of nitrogens with two attached hydrogens (primary N) is 1. The summed E-state index contributed by atoms with van der Waals surface area (Å²) in [7, 11) is 0. The summed E-state index contributed by atoms with van der Waals surface area (Å²) in [5.41, 5.74) is 9.66. The standard InChI is InChI=1S/C16H24N2/c1-12-6-7-15(17)16(10-12)18-9-8-13-4-2-3-5-14(13)11-18/h6-7,10,13-14H,2-5,8-9,11,17H2,1H3. The first kappa shape index (κ1) is 11.9. The molecule has 1 saturated heterocycles. The number of benzene rings is 1. The molecule has 0 bridgehead atoms. The maximum atomic E-state index is 6.15. The van der Waals surface area contributed by atoms with Gasteiger partial charge in [-0.25, -0.2) is 0 Å². The van der Waals surface area contributed by atoms with Gasteiger partial charge in [-0.05, 0) is 49.3 Å². The molecule has 0 amide bonds. The summed E-state index contributed by atoms with van der Waals surface area (Å²) in [6.45, 7) is 4.56. The summed E-state index contributed by atoms with van der Waals surface area (Å²) in [6, 6.07) is 6.41. The van der Waals surface area contributed by atoms with E-state index < -0.39 is 0 Å². The average Bonchev–Trinajstić information content (AvgIpc) is 2.41. The predicted molar refractivity (Wildman–Crippen MR) is 77.9 cm³/mol. The molecule has 1 saturated carbocycles. The van der Waals surface area contributed by atoms with E-state index in [1.54, 1.807) is 0 Å². The highest BCUT2D eigenvalue weighted by Crippen LogP contribution is 2.38. The van der Waals surface area contributed by atoms with Crippen LogP contribution < -0.4 is 10.6 Å². The first-order valence-electron chi connectivity index (χ1n) is 7.35. The molecule has 0 spiro atoms. The van der Waals surface area contributed by atoms with Crippen LogP contribution in [-0.2, 0) is 0 Å². The van der Waals surface area contributed by atoms with Crippen molar-refractivity contribution in [2.45, 2.75) is 39.0 Å². The highest BCUT2D eigenvalue weighted by Gasteiger charge is 2.31. The lowest BCUT2D eigenvalue weighted by atomic mass is 9.75. The first-order chi connectivity index (χ1) is 8.74. The average molecular weight is 244 g/mol. The van der Waals surface area contributed by atoms with Gasteiger partial charge in [-0.2, -0.15) is 0 Å². The summed E-state index contributed by atoms with van der Waals surface area (Å²) in [6.07, 6.45) is 7.12. The molecule has 1 aromatic rings. The molecule has 2 aliphatic rings. The lowest BCUT2D eigenvalue weighted by Gasteiger charge is -2.42. The van der Waals surface area contributed by atoms with Crippen LogP contribution in [0, 0.1) is 18.8 Å². The van der Waals surface area contributed by atoms with Crippen LogP contribution in [0.5, 0.6) is 0 Å². The van der Waals surface area contributed by atoms with Gasteiger partial charge >= 0.3 is 0 Å². The van der Waals surface area contributed by atoms with Gasteiger partial charge in [0.25, 0.3) is 0 Å². The van der Waals surface area contributed by atoms with Crippen molar-refractivity contribution in [1.82, 2.24) is 0 Å². The maximum Gasteiger partial charge on any atom is 0.0602 e. The molecule has 1 aliphatic carbocycles. The molecule has 0 aromatic heterocycles. The SMILES string of the molecule is Cc1ccc(N)c(N2CCC3CCCCC3C2)c1. The van der Waals surface area contributed by atoms with Crippen LogP contribution in [0.4, 0.5) is 11.4 Å². The Morgan fingerprint density at radius 3 is 2.72 bits per heavy atom. The molecule has 2 N–H and O–H groups in total. The van der Waals surface area contributed by atoms with Gasteiger partial charge in [-0.1, -0.05) is 25.3 Å². The molecule has 2 atom stereocenters. The van der Waals surface area contributed by atoms with Crippen LogP contribution in [0.25, 0.3) is 0 Å². The van der Waals surface area contributed by atoms with E-state index in [0.717, 1.165) is 17.5 Å². The molecular formula is C16H24N2. The van der Waals surface area contributed by atoms with Crippen molar-refractivity contribution in [2.75, 3.05) is 23.7 Å². The molecule has 1 aliphatic heterocycles. The van der Waals surface area contributed by atoms with Gasteiger partial charge in [0.1, 0.15) is 0 Å². The highest BCUT2D eigenvalue weighted by molar-refractivity contribution is 5.68. The fourth-order valence-corrected chi connectivity index (χ4v) is 3.75. The van der Waals surface area contributed by atoms with Crippen molar-refractivity contribution in [2.24, 2.45) is 11.8 Å². The zero-order chi connectivity index (χ0) is 12.5. The zero-order valence-corrected chi connectivity index (χ0v) is 11.4.